The number of nitrogens with one attached hydrogen (secondary N) is 1. The second-order valence-corrected chi connectivity index (χ2v) is 12.5. The van der Waals surface area contributed by atoms with Crippen LogP contribution in [0.25, 0.3) is 0 Å². The van der Waals surface area contributed by atoms with Crippen LogP contribution in [0.3, 0.4) is 0 Å². The summed E-state index contributed by atoms with van der Waals surface area (Å²) < 4.78 is 4.82. The molecule has 0 bridgehead atoms. The Morgan fingerprint density at radius 1 is 1.02 bits per heavy atom. The Balaban J connectivity index is 0.000000587. The van der Waals surface area contributed by atoms with Gasteiger partial charge in [-0.05, 0) is 76.2 Å². The molecule has 4 atom stereocenters. The summed E-state index contributed by atoms with van der Waals surface area (Å²) in [6.45, 7) is 17.5. The van der Waals surface area contributed by atoms with Gasteiger partial charge < -0.3 is 25.0 Å². The molecule has 0 aliphatic carbocycles. The van der Waals surface area contributed by atoms with Gasteiger partial charge in [0.1, 0.15) is 23.2 Å². The van der Waals surface area contributed by atoms with E-state index in [4.69, 9.17) is 4.74 Å². The predicted octanol–water partition coefficient (Wildman–Crippen LogP) is 3.97. The molecule has 41 heavy (non-hydrogen) atoms. The average molecular weight is 584 g/mol. The van der Waals surface area contributed by atoms with Crippen LogP contribution in [0.1, 0.15) is 57.2 Å². The van der Waals surface area contributed by atoms with Gasteiger partial charge >= 0.3 is 11.9 Å². The molecule has 2 aromatic rings. The van der Waals surface area contributed by atoms with Crippen molar-refractivity contribution in [3.05, 3.63) is 65.2 Å². The van der Waals surface area contributed by atoms with Gasteiger partial charge in [-0.1, -0.05) is 57.2 Å². The van der Waals surface area contributed by atoms with E-state index in [2.05, 4.69) is 31.0 Å². The summed E-state index contributed by atoms with van der Waals surface area (Å²) in [5, 5.41) is 11.7. The molecule has 2 N–H and O–H groups in total. The summed E-state index contributed by atoms with van der Waals surface area (Å²) in [5.41, 5.74) is 2.42. The smallest absolute Gasteiger partial charge is 0.328 e. The minimum Gasteiger partial charge on any atom is -0.480 e. The van der Waals surface area contributed by atoms with Gasteiger partial charge in [0.25, 0.3) is 0 Å². The van der Waals surface area contributed by atoms with Gasteiger partial charge in [-0.2, -0.15) is 0 Å². The number of rotatable bonds is 9. The second-order valence-electron chi connectivity index (χ2n) is 10.7. The number of carboxylic acid groups (broad SMARTS) is 1. The topological polar surface area (TPSA) is 116 Å². The van der Waals surface area contributed by atoms with Crippen molar-refractivity contribution in [2.45, 2.75) is 76.6 Å². The van der Waals surface area contributed by atoms with Gasteiger partial charge in [0.2, 0.25) is 11.8 Å². The van der Waals surface area contributed by atoms with Crippen LogP contribution in [0, 0.1) is 13.8 Å². The predicted molar refractivity (Wildman–Crippen MR) is 160 cm³/mol. The maximum absolute atomic E-state index is 13.3. The van der Waals surface area contributed by atoms with Crippen molar-refractivity contribution in [3.63, 3.8) is 0 Å². The number of hydrogen-bond donors (Lipinski definition) is 2. The molecule has 2 aromatic carbocycles. The fourth-order valence-electron chi connectivity index (χ4n) is 5.05. The lowest BCUT2D eigenvalue weighted by atomic mass is 9.94. The number of thioether (sulfide) groups is 1. The fourth-order valence-corrected chi connectivity index (χ4v) is 6.67. The Labute approximate surface area is 246 Å². The van der Waals surface area contributed by atoms with E-state index >= 15 is 0 Å². The Morgan fingerprint density at radius 3 is 2.15 bits per heavy atom. The summed E-state index contributed by atoms with van der Waals surface area (Å²) in [6, 6.07) is 11.8. The lowest BCUT2D eigenvalue weighted by Crippen LogP contribution is -2.71. The van der Waals surface area contributed by atoms with Crippen LogP contribution in [0.2, 0.25) is 0 Å². The molecule has 2 heterocycles. The average Bonchev–Trinajstić information content (AvgIpc) is 3.19. The number of esters is 1. The summed E-state index contributed by atoms with van der Waals surface area (Å²) in [4.78, 5) is 54.6. The van der Waals surface area contributed by atoms with Crippen molar-refractivity contribution >= 4 is 35.5 Å². The second kappa shape index (κ2) is 13.5. The van der Waals surface area contributed by atoms with Gasteiger partial charge in [-0.25, -0.2) is 4.79 Å². The molecule has 222 valence electrons. The highest BCUT2D eigenvalue weighted by atomic mass is 32.2. The summed E-state index contributed by atoms with van der Waals surface area (Å²) >= 11 is 1.32. The molecule has 2 aliphatic heterocycles. The third kappa shape index (κ3) is 7.11. The van der Waals surface area contributed by atoms with E-state index in [1.165, 1.54) is 36.3 Å². The zero-order valence-electron chi connectivity index (χ0n) is 24.8. The fraction of sp³-hybridized carbons (Fsp3) is 0.484. The van der Waals surface area contributed by atoms with Gasteiger partial charge in [0.05, 0.1) is 0 Å². The Hall–Kier alpha value is -3.37. The first-order valence-electron chi connectivity index (χ1n) is 14.0. The monoisotopic (exact) mass is 583 g/mol. The number of hydrogen-bond acceptors (Lipinski definition) is 7. The summed E-state index contributed by atoms with van der Waals surface area (Å²) in [5.74, 6) is -3.96. The number of aliphatic carboxylic acids is 1. The highest BCUT2D eigenvalue weighted by Gasteiger charge is 2.64. The lowest BCUT2D eigenvalue weighted by Gasteiger charge is -2.43. The molecule has 2 amide bonds. The highest BCUT2D eigenvalue weighted by Crippen LogP contribution is 2.50. The molecule has 0 aromatic heterocycles. The number of carboxylic acids is 1. The first-order chi connectivity index (χ1) is 19.4. The Kier molecular flexibility index (Phi) is 10.6. The molecule has 9 nitrogen and oxygen atoms in total. The first-order valence-corrected chi connectivity index (χ1v) is 14.8. The molecule has 0 radical (unpaired) electrons. The van der Waals surface area contributed by atoms with Gasteiger partial charge in [-0.15, -0.1) is 11.8 Å². The summed E-state index contributed by atoms with van der Waals surface area (Å²) in [6.07, 6.45) is 0. The van der Waals surface area contributed by atoms with E-state index in [0.29, 0.717) is 11.3 Å². The minimum absolute atomic E-state index is 0.324. The van der Waals surface area contributed by atoms with E-state index in [-0.39, 0.29) is 0 Å². The van der Waals surface area contributed by atoms with E-state index < -0.39 is 51.9 Å². The number of ether oxygens (including phenoxy) is 1. The minimum atomic E-state index is -1.29. The number of amides is 2. The number of fused-ring (bicyclic) bond motifs is 1. The van der Waals surface area contributed by atoms with Crippen LogP contribution >= 0.6 is 11.8 Å². The van der Waals surface area contributed by atoms with E-state index in [0.717, 1.165) is 11.1 Å². The van der Waals surface area contributed by atoms with Crippen molar-refractivity contribution in [2.75, 3.05) is 19.6 Å². The van der Waals surface area contributed by atoms with Crippen molar-refractivity contribution in [2.24, 2.45) is 0 Å². The standard InChI is InChI=1S/C25H26N2O6S.C6H15N/c1-13-10-11-16(12-14(13)2)33-24(32)17(15-8-6-5-7-9-15)20(28)26-18-21(29)27-19(23(30)31)25(3,4)34-22(18)27;1-4-7(5-2)6-3/h5-12,17-19,22H,1-4H3,(H,26,28)(H,30,31);4-6H2,1-3H3. The number of benzene rings is 2. The molecule has 4 unspecified atom stereocenters. The zero-order chi connectivity index (χ0) is 30.5. The molecule has 10 heteroatoms. The van der Waals surface area contributed by atoms with Gasteiger partial charge in [0, 0.05) is 4.75 Å². The molecule has 2 fully saturated rings. The molecule has 2 saturated heterocycles. The van der Waals surface area contributed by atoms with Crippen molar-refractivity contribution in [3.8, 4) is 5.75 Å². The number of nitrogens with zero attached hydrogens (tertiary/aromatic N) is 2. The molecule has 0 spiro atoms. The maximum atomic E-state index is 13.3. The maximum Gasteiger partial charge on any atom is 0.328 e. The Bertz CT molecular complexity index is 1260. The van der Waals surface area contributed by atoms with E-state index in [9.17, 15) is 24.3 Å². The number of aryl methyl sites for hydroxylation is 2. The van der Waals surface area contributed by atoms with E-state index in [1.54, 1.807) is 56.3 Å². The van der Waals surface area contributed by atoms with Crippen molar-refractivity contribution in [1.29, 1.82) is 0 Å². The van der Waals surface area contributed by atoms with E-state index in [1.807, 2.05) is 19.9 Å². The van der Waals surface area contributed by atoms with Crippen LogP contribution < -0.4 is 10.1 Å². The third-order valence-electron chi connectivity index (χ3n) is 7.64. The normalized spacial score (nSPS) is 21.2. The summed E-state index contributed by atoms with van der Waals surface area (Å²) in [7, 11) is 0. The highest BCUT2D eigenvalue weighted by molar-refractivity contribution is 8.01. The van der Waals surface area contributed by atoms with Crippen molar-refractivity contribution < 1.29 is 29.0 Å². The molecule has 4 rings (SSSR count). The molecule has 2 aliphatic rings. The third-order valence-corrected chi connectivity index (χ3v) is 9.21. The van der Waals surface area contributed by atoms with Crippen LogP contribution in [0.4, 0.5) is 0 Å². The molecular formula is C31H41N3O6S. The van der Waals surface area contributed by atoms with Crippen LogP contribution in [0.15, 0.2) is 48.5 Å². The largest absolute Gasteiger partial charge is 0.480 e. The molecule has 0 saturated carbocycles. The lowest BCUT2D eigenvalue weighted by molar-refractivity contribution is -0.161. The van der Waals surface area contributed by atoms with Crippen LogP contribution in [-0.2, 0) is 19.2 Å². The van der Waals surface area contributed by atoms with Crippen LogP contribution in [0.5, 0.6) is 5.75 Å². The molecular weight excluding hydrogens is 542 g/mol. The number of carbonyl (C=O) groups is 4. The zero-order valence-corrected chi connectivity index (χ0v) is 25.7. The Morgan fingerprint density at radius 2 is 1.63 bits per heavy atom. The van der Waals surface area contributed by atoms with Crippen LogP contribution in [-0.4, -0.2) is 80.5 Å². The quantitative estimate of drug-likeness (QED) is 0.197. The SMILES string of the molecule is CCN(CC)CC.Cc1ccc(OC(=O)C(C(=O)NC2C(=O)N3C2SC(C)(C)C3C(=O)O)c2ccccc2)cc1C. The van der Waals surface area contributed by atoms with Gasteiger partial charge in [-0.3, -0.25) is 14.4 Å². The van der Waals surface area contributed by atoms with Gasteiger partial charge in [0.15, 0.2) is 5.92 Å². The number of carbonyl (C=O) groups excluding carboxylic acids is 3. The first kappa shape index (κ1) is 32.1. The van der Waals surface area contributed by atoms with Crippen molar-refractivity contribution in [1.82, 2.24) is 15.1 Å². The number of β-lactam (4-membered cyclic amide) rings is 1.